The standard InChI is InChI=1S/C19H23NO4/c1-3-17(21)14-9-11-15(12-10-14)24-13-19(22)20-16-7-5-6-8-18(16)23-4-2/h5-12,17,21H,3-4,13H2,1-2H3,(H,20,22). The molecule has 5 heteroatoms. The lowest BCUT2D eigenvalue weighted by Gasteiger charge is -2.12. The lowest BCUT2D eigenvalue weighted by atomic mass is 10.1. The quantitative estimate of drug-likeness (QED) is 0.777. The lowest BCUT2D eigenvalue weighted by Crippen LogP contribution is -2.20. The number of rotatable bonds is 8. The summed E-state index contributed by atoms with van der Waals surface area (Å²) in [5.74, 6) is 0.946. The molecule has 0 radical (unpaired) electrons. The molecule has 0 aliphatic heterocycles. The molecule has 0 saturated heterocycles. The van der Waals surface area contributed by atoms with Gasteiger partial charge < -0.3 is 19.9 Å². The second-order valence-corrected chi connectivity index (χ2v) is 5.26. The largest absolute Gasteiger partial charge is 0.492 e. The van der Waals surface area contributed by atoms with Gasteiger partial charge in [-0.1, -0.05) is 31.2 Å². The molecule has 5 nitrogen and oxygen atoms in total. The van der Waals surface area contributed by atoms with Crippen LogP contribution in [0.1, 0.15) is 31.9 Å². The van der Waals surface area contributed by atoms with Crippen molar-refractivity contribution in [2.24, 2.45) is 0 Å². The Kier molecular flexibility index (Phi) is 6.63. The van der Waals surface area contributed by atoms with Gasteiger partial charge in [0.25, 0.3) is 5.91 Å². The van der Waals surface area contributed by atoms with Gasteiger partial charge in [-0.25, -0.2) is 0 Å². The number of hydrogen-bond donors (Lipinski definition) is 2. The maximum atomic E-state index is 12.0. The van der Waals surface area contributed by atoms with Gasteiger partial charge in [0, 0.05) is 0 Å². The minimum atomic E-state index is -0.475. The Morgan fingerprint density at radius 2 is 1.79 bits per heavy atom. The van der Waals surface area contributed by atoms with Gasteiger partial charge in [0.1, 0.15) is 11.5 Å². The van der Waals surface area contributed by atoms with E-state index in [-0.39, 0.29) is 12.5 Å². The van der Waals surface area contributed by atoms with Crippen molar-refractivity contribution in [2.75, 3.05) is 18.5 Å². The monoisotopic (exact) mass is 329 g/mol. The van der Waals surface area contributed by atoms with Gasteiger partial charge in [0.2, 0.25) is 0 Å². The first-order valence-corrected chi connectivity index (χ1v) is 8.06. The molecule has 0 aliphatic rings. The average Bonchev–Trinajstić information content (AvgIpc) is 2.61. The average molecular weight is 329 g/mol. The second-order valence-electron chi connectivity index (χ2n) is 5.26. The molecule has 0 spiro atoms. The third kappa shape index (κ3) is 4.99. The van der Waals surface area contributed by atoms with E-state index in [1.54, 1.807) is 36.4 Å². The van der Waals surface area contributed by atoms with E-state index >= 15 is 0 Å². The Bertz CT molecular complexity index is 655. The van der Waals surface area contributed by atoms with Crippen molar-refractivity contribution in [3.63, 3.8) is 0 Å². The zero-order chi connectivity index (χ0) is 17.4. The third-order valence-electron chi connectivity index (χ3n) is 3.48. The Labute approximate surface area is 142 Å². The highest BCUT2D eigenvalue weighted by atomic mass is 16.5. The van der Waals surface area contributed by atoms with Crippen LogP contribution in [0.25, 0.3) is 0 Å². The van der Waals surface area contributed by atoms with Crippen molar-refractivity contribution in [2.45, 2.75) is 26.4 Å². The predicted octanol–water partition coefficient (Wildman–Crippen LogP) is 3.55. The molecule has 128 valence electrons. The number of nitrogens with one attached hydrogen (secondary N) is 1. The summed E-state index contributed by atoms with van der Waals surface area (Å²) in [6.07, 6.45) is 0.180. The maximum absolute atomic E-state index is 12.0. The predicted molar refractivity (Wildman–Crippen MR) is 93.4 cm³/mol. The van der Waals surface area contributed by atoms with Crippen LogP contribution in [0.5, 0.6) is 11.5 Å². The number of anilines is 1. The van der Waals surface area contributed by atoms with Crippen LogP contribution in [0, 0.1) is 0 Å². The Morgan fingerprint density at radius 3 is 2.46 bits per heavy atom. The fraction of sp³-hybridized carbons (Fsp3) is 0.316. The van der Waals surface area contributed by atoms with Gasteiger partial charge in [-0.2, -0.15) is 0 Å². The topological polar surface area (TPSA) is 67.8 Å². The van der Waals surface area contributed by atoms with Crippen LogP contribution in [-0.4, -0.2) is 24.2 Å². The van der Waals surface area contributed by atoms with Crippen molar-refractivity contribution < 1.29 is 19.4 Å². The Balaban J connectivity index is 1.89. The molecule has 1 amide bonds. The van der Waals surface area contributed by atoms with Crippen LogP contribution in [0.3, 0.4) is 0 Å². The first-order chi connectivity index (χ1) is 11.6. The number of para-hydroxylation sites is 2. The molecule has 1 unspecified atom stereocenters. The molecule has 2 aromatic carbocycles. The van der Waals surface area contributed by atoms with E-state index in [1.165, 1.54) is 0 Å². The summed E-state index contributed by atoms with van der Waals surface area (Å²) in [6.45, 7) is 4.23. The summed E-state index contributed by atoms with van der Waals surface area (Å²) in [5, 5.41) is 12.5. The van der Waals surface area contributed by atoms with Crippen LogP contribution >= 0.6 is 0 Å². The Hall–Kier alpha value is -2.53. The molecular formula is C19H23NO4. The number of benzene rings is 2. The van der Waals surface area contributed by atoms with Crippen molar-refractivity contribution in [1.29, 1.82) is 0 Å². The summed E-state index contributed by atoms with van der Waals surface area (Å²) in [6, 6.07) is 14.4. The van der Waals surface area contributed by atoms with Crippen molar-refractivity contribution >= 4 is 11.6 Å². The summed E-state index contributed by atoms with van der Waals surface area (Å²) in [5.41, 5.74) is 1.45. The molecule has 0 heterocycles. The smallest absolute Gasteiger partial charge is 0.262 e. The summed E-state index contributed by atoms with van der Waals surface area (Å²) >= 11 is 0. The fourth-order valence-electron chi connectivity index (χ4n) is 2.21. The molecule has 0 bridgehead atoms. The molecule has 0 aliphatic carbocycles. The normalized spacial score (nSPS) is 11.6. The number of ether oxygens (including phenoxy) is 2. The summed E-state index contributed by atoms with van der Waals surface area (Å²) in [4.78, 5) is 12.0. The minimum absolute atomic E-state index is 0.101. The van der Waals surface area contributed by atoms with Gasteiger partial charge in [-0.3, -0.25) is 4.79 Å². The van der Waals surface area contributed by atoms with Crippen LogP contribution < -0.4 is 14.8 Å². The van der Waals surface area contributed by atoms with E-state index in [0.717, 1.165) is 5.56 Å². The molecule has 0 fully saturated rings. The highest BCUT2D eigenvalue weighted by Crippen LogP contribution is 2.24. The van der Waals surface area contributed by atoms with E-state index in [9.17, 15) is 9.90 Å². The molecule has 0 aromatic heterocycles. The van der Waals surface area contributed by atoms with Crippen LogP contribution in [0.15, 0.2) is 48.5 Å². The van der Waals surface area contributed by atoms with Gasteiger partial charge in [-0.05, 0) is 43.2 Å². The van der Waals surface area contributed by atoms with Gasteiger partial charge >= 0.3 is 0 Å². The van der Waals surface area contributed by atoms with Crippen LogP contribution in [0.2, 0.25) is 0 Å². The molecule has 1 atom stereocenters. The van der Waals surface area contributed by atoms with E-state index in [1.807, 2.05) is 26.0 Å². The fourth-order valence-corrected chi connectivity index (χ4v) is 2.21. The number of carbonyl (C=O) groups is 1. The van der Waals surface area contributed by atoms with Crippen molar-refractivity contribution in [1.82, 2.24) is 0 Å². The first-order valence-electron chi connectivity index (χ1n) is 8.06. The molecule has 2 N–H and O–H groups in total. The molecular weight excluding hydrogens is 306 g/mol. The summed E-state index contributed by atoms with van der Waals surface area (Å²) in [7, 11) is 0. The van der Waals surface area contributed by atoms with Crippen molar-refractivity contribution in [3.8, 4) is 11.5 Å². The lowest BCUT2D eigenvalue weighted by molar-refractivity contribution is -0.118. The SMILES string of the molecule is CCOc1ccccc1NC(=O)COc1ccc(C(O)CC)cc1. The summed E-state index contributed by atoms with van der Waals surface area (Å²) < 4.78 is 10.9. The number of carbonyl (C=O) groups excluding carboxylic acids is 1. The number of amides is 1. The first kappa shape index (κ1) is 17.8. The highest BCUT2D eigenvalue weighted by molar-refractivity contribution is 5.93. The van der Waals surface area contributed by atoms with Gasteiger partial charge in [0.05, 0.1) is 18.4 Å². The van der Waals surface area contributed by atoms with E-state index in [2.05, 4.69) is 5.32 Å². The number of aliphatic hydroxyl groups excluding tert-OH is 1. The van der Waals surface area contributed by atoms with Gasteiger partial charge in [0.15, 0.2) is 6.61 Å². The van der Waals surface area contributed by atoms with Gasteiger partial charge in [-0.15, -0.1) is 0 Å². The molecule has 24 heavy (non-hydrogen) atoms. The Morgan fingerprint density at radius 1 is 1.08 bits per heavy atom. The van der Waals surface area contributed by atoms with Crippen LogP contribution in [-0.2, 0) is 4.79 Å². The van der Waals surface area contributed by atoms with E-state index < -0.39 is 6.10 Å². The second kappa shape index (κ2) is 8.93. The maximum Gasteiger partial charge on any atom is 0.262 e. The minimum Gasteiger partial charge on any atom is -0.492 e. The number of aliphatic hydroxyl groups is 1. The zero-order valence-corrected chi connectivity index (χ0v) is 14.0. The molecule has 2 aromatic rings. The highest BCUT2D eigenvalue weighted by Gasteiger charge is 2.09. The van der Waals surface area contributed by atoms with E-state index in [4.69, 9.17) is 9.47 Å². The number of hydrogen-bond acceptors (Lipinski definition) is 4. The van der Waals surface area contributed by atoms with E-state index in [0.29, 0.717) is 30.2 Å². The third-order valence-corrected chi connectivity index (χ3v) is 3.48. The zero-order valence-electron chi connectivity index (χ0n) is 14.0. The molecule has 0 saturated carbocycles. The molecule has 2 rings (SSSR count). The van der Waals surface area contributed by atoms with Crippen LogP contribution in [0.4, 0.5) is 5.69 Å². The van der Waals surface area contributed by atoms with Crippen molar-refractivity contribution in [3.05, 3.63) is 54.1 Å².